The molecule has 0 saturated heterocycles. The van der Waals surface area contributed by atoms with Crippen LogP contribution in [-0.2, 0) is 33.1 Å². The zero-order chi connectivity index (χ0) is 22.9. The lowest BCUT2D eigenvalue weighted by Crippen LogP contribution is -2.30. The predicted octanol–water partition coefficient (Wildman–Crippen LogP) is 2.41. The molecule has 0 aliphatic heterocycles. The molecule has 0 saturated carbocycles. The number of aliphatic hydroxyl groups is 1. The van der Waals surface area contributed by atoms with Crippen molar-refractivity contribution in [3.05, 3.63) is 22.8 Å². The summed E-state index contributed by atoms with van der Waals surface area (Å²) in [7, 11) is -13.4. The Labute approximate surface area is 164 Å². The van der Waals surface area contributed by atoms with Crippen molar-refractivity contribution in [1.29, 1.82) is 0 Å². The van der Waals surface area contributed by atoms with Gasteiger partial charge in [-0.05, 0) is 26.2 Å². The molecule has 8 nitrogen and oxygen atoms in total. The summed E-state index contributed by atoms with van der Waals surface area (Å²) < 4.78 is 114. The number of aliphatic hydroxyl groups excluding tert-OH is 1. The number of sulfonamides is 2. The Balaban J connectivity index is 0.000000541. The molecular formula is C13H21F6N3O5S2. The van der Waals surface area contributed by atoms with E-state index in [9.17, 15) is 43.2 Å². The van der Waals surface area contributed by atoms with Crippen LogP contribution in [0.3, 0.4) is 0 Å². The average Bonchev–Trinajstić information content (AvgIpc) is 3.00. The summed E-state index contributed by atoms with van der Waals surface area (Å²) in [5.74, 6) is 0. The van der Waals surface area contributed by atoms with Crippen LogP contribution < -0.4 is 4.57 Å². The van der Waals surface area contributed by atoms with Gasteiger partial charge in [-0.2, -0.15) is 26.3 Å². The van der Waals surface area contributed by atoms with Crippen molar-refractivity contribution in [3.63, 3.8) is 0 Å². The number of aryl methyl sites for hydroxylation is 2. The molecule has 0 unspecified atom stereocenters. The molecule has 172 valence electrons. The molecule has 0 fully saturated rings. The maximum absolute atomic E-state index is 11.4. The fraction of sp³-hybridized carbons (Fsp3) is 0.769. The van der Waals surface area contributed by atoms with Gasteiger partial charge in [0, 0.05) is 6.61 Å². The van der Waals surface area contributed by atoms with Gasteiger partial charge in [-0.3, -0.25) is 0 Å². The number of hydrogen-bond donors (Lipinski definition) is 1. The number of nitrogens with zero attached hydrogens (tertiary/aromatic N) is 3. The Bertz CT molecular complexity index is 777. The van der Waals surface area contributed by atoms with Crippen molar-refractivity contribution in [3.8, 4) is 0 Å². The quantitative estimate of drug-likeness (QED) is 0.334. The summed E-state index contributed by atoms with van der Waals surface area (Å²) in [5, 5.41) is 8.61. The van der Waals surface area contributed by atoms with Crippen LogP contribution in [0.1, 0.15) is 32.6 Å². The van der Waals surface area contributed by atoms with Crippen molar-refractivity contribution in [2.24, 2.45) is 0 Å². The highest BCUT2D eigenvalue weighted by molar-refractivity contribution is 8.13. The number of imidazole rings is 1. The predicted molar refractivity (Wildman–Crippen MR) is 89.2 cm³/mol. The molecule has 1 aromatic heterocycles. The van der Waals surface area contributed by atoms with E-state index in [-0.39, 0.29) is 0 Å². The van der Waals surface area contributed by atoms with E-state index in [1.165, 1.54) is 12.8 Å². The van der Waals surface area contributed by atoms with Crippen LogP contribution in [0.15, 0.2) is 18.7 Å². The third kappa shape index (κ3) is 9.77. The lowest BCUT2D eigenvalue weighted by Gasteiger charge is -2.22. The first-order valence-corrected chi connectivity index (χ1v) is 11.0. The molecule has 0 bridgehead atoms. The molecule has 1 heterocycles. The van der Waals surface area contributed by atoms with Crippen LogP contribution in [0.4, 0.5) is 26.3 Å². The summed E-state index contributed by atoms with van der Waals surface area (Å²) in [6, 6.07) is 0. The molecule has 0 radical (unpaired) electrons. The number of hydrogen-bond acceptors (Lipinski definition) is 5. The van der Waals surface area contributed by atoms with E-state index in [2.05, 4.69) is 34.8 Å². The number of alkyl halides is 6. The lowest BCUT2D eigenvalue weighted by molar-refractivity contribution is -0.696. The summed E-state index contributed by atoms with van der Waals surface area (Å²) in [6.45, 7) is 4.61. The second-order valence-electron chi connectivity index (χ2n) is 5.54. The average molecular weight is 477 g/mol. The smallest absolute Gasteiger partial charge is 0.421 e. The highest BCUT2D eigenvalue weighted by atomic mass is 32.3. The standard InChI is InChI=1S/C11H21N2O.C2F6NO4S2/c1-2-12-8-9-13(11-12)7-5-3-4-6-10-14;3-1(4,5)14(10,11)9-15(12,13)2(6,7)8/h8-9,11,14H,2-7,10H2,1H3;/q+1;-1. The third-order valence-electron chi connectivity index (χ3n) is 3.22. The van der Waals surface area contributed by atoms with Gasteiger partial charge in [0.15, 0.2) is 20.0 Å². The minimum Gasteiger partial charge on any atom is -0.421 e. The van der Waals surface area contributed by atoms with Gasteiger partial charge in [-0.1, -0.05) is 6.42 Å². The van der Waals surface area contributed by atoms with E-state index in [0.29, 0.717) is 6.61 Å². The first-order chi connectivity index (χ1) is 13.1. The fourth-order valence-electron chi connectivity index (χ4n) is 1.73. The molecule has 1 aromatic rings. The van der Waals surface area contributed by atoms with Gasteiger partial charge in [0.1, 0.15) is 12.4 Å². The second kappa shape index (κ2) is 11.1. The molecule has 29 heavy (non-hydrogen) atoms. The minimum atomic E-state index is -6.72. The second-order valence-corrected chi connectivity index (χ2v) is 8.96. The first kappa shape index (κ1) is 27.6. The fourth-order valence-corrected chi connectivity index (χ4v) is 3.44. The summed E-state index contributed by atoms with van der Waals surface area (Å²) >= 11 is 0. The minimum absolute atomic E-state index is 0.333. The van der Waals surface area contributed by atoms with Crippen molar-refractivity contribution < 1.29 is 52.9 Å². The van der Waals surface area contributed by atoms with Crippen LogP contribution >= 0.6 is 0 Å². The molecule has 0 spiro atoms. The van der Waals surface area contributed by atoms with E-state index in [4.69, 9.17) is 5.11 Å². The Morgan fingerprint density at radius 1 is 0.931 bits per heavy atom. The zero-order valence-electron chi connectivity index (χ0n) is 15.2. The van der Waals surface area contributed by atoms with Crippen LogP contribution in [0, 0.1) is 0 Å². The van der Waals surface area contributed by atoms with Crippen molar-refractivity contribution in [2.75, 3.05) is 6.61 Å². The van der Waals surface area contributed by atoms with Gasteiger partial charge in [0.25, 0.3) is 0 Å². The first-order valence-electron chi connectivity index (χ1n) is 8.10. The van der Waals surface area contributed by atoms with Gasteiger partial charge in [0.05, 0.1) is 13.1 Å². The number of halogens is 6. The monoisotopic (exact) mass is 477 g/mol. The van der Waals surface area contributed by atoms with Crippen LogP contribution in [-0.4, -0.2) is 44.1 Å². The van der Waals surface area contributed by atoms with E-state index in [1.54, 1.807) is 0 Å². The number of unbranched alkanes of at least 4 members (excludes halogenated alkanes) is 3. The molecule has 16 heteroatoms. The Morgan fingerprint density at radius 3 is 1.79 bits per heavy atom. The summed E-state index contributed by atoms with van der Waals surface area (Å²) in [4.78, 5) is 0. The Morgan fingerprint density at radius 2 is 1.41 bits per heavy atom. The molecule has 0 amide bonds. The van der Waals surface area contributed by atoms with Crippen molar-refractivity contribution >= 4 is 20.0 Å². The van der Waals surface area contributed by atoms with E-state index < -0.39 is 31.1 Å². The normalized spacial score (nSPS) is 13.1. The summed E-state index contributed by atoms with van der Waals surface area (Å²) in [5.41, 5.74) is -12.4. The van der Waals surface area contributed by atoms with Crippen LogP contribution in [0.2, 0.25) is 0 Å². The van der Waals surface area contributed by atoms with Crippen molar-refractivity contribution in [1.82, 2.24) is 4.57 Å². The van der Waals surface area contributed by atoms with E-state index in [0.717, 1.165) is 30.1 Å². The van der Waals surface area contributed by atoms with Crippen LogP contribution in [0.5, 0.6) is 0 Å². The topological polar surface area (TPSA) is 111 Å². The Kier molecular flexibility index (Phi) is 10.6. The maximum atomic E-state index is 11.4. The van der Waals surface area contributed by atoms with Crippen molar-refractivity contribution in [2.45, 2.75) is 56.7 Å². The molecule has 0 aromatic carbocycles. The third-order valence-corrected chi connectivity index (χ3v) is 5.96. The van der Waals surface area contributed by atoms with Gasteiger partial charge < -0.3 is 9.23 Å². The number of aromatic nitrogens is 2. The lowest BCUT2D eigenvalue weighted by atomic mass is 10.2. The van der Waals surface area contributed by atoms with Crippen LogP contribution in [0.25, 0.3) is 4.13 Å². The largest absolute Gasteiger partial charge is 0.480 e. The zero-order valence-corrected chi connectivity index (χ0v) is 16.8. The van der Waals surface area contributed by atoms with Gasteiger partial charge >= 0.3 is 11.0 Å². The molecule has 0 atom stereocenters. The molecule has 1 N–H and O–H groups in total. The highest BCUT2D eigenvalue weighted by Gasteiger charge is 2.46. The van der Waals surface area contributed by atoms with E-state index in [1.807, 2.05) is 0 Å². The molecule has 0 aliphatic rings. The molecule has 1 rings (SSSR count). The summed E-state index contributed by atoms with van der Waals surface area (Å²) in [6.07, 6.45) is 10.9. The van der Waals surface area contributed by atoms with Gasteiger partial charge in [-0.15, -0.1) is 0 Å². The molecule has 0 aliphatic carbocycles. The highest BCUT2D eigenvalue weighted by Crippen LogP contribution is 2.36. The SMILES string of the molecule is CCn1cc[n+](CCCCCCO)c1.O=S(=O)([N-]S(=O)(=O)C(F)(F)F)C(F)(F)F. The molecular weight excluding hydrogens is 456 g/mol. The van der Waals surface area contributed by atoms with Gasteiger partial charge in [-0.25, -0.2) is 26.0 Å². The maximum Gasteiger partial charge on any atom is 0.480 e. The van der Waals surface area contributed by atoms with Gasteiger partial charge in [0.2, 0.25) is 6.33 Å². The number of rotatable bonds is 9. The van der Waals surface area contributed by atoms with E-state index >= 15 is 0 Å². The Hall–Kier alpha value is -1.39.